The monoisotopic (exact) mass is 482 g/mol. The number of hydrogen-bond acceptors (Lipinski definition) is 2. The summed E-state index contributed by atoms with van der Waals surface area (Å²) in [6.45, 7) is 6.70. The summed E-state index contributed by atoms with van der Waals surface area (Å²) in [5.41, 5.74) is 0. The summed E-state index contributed by atoms with van der Waals surface area (Å²) in [5, 5.41) is 18.6. The van der Waals surface area contributed by atoms with E-state index < -0.39 is 17.9 Å². The van der Waals surface area contributed by atoms with Gasteiger partial charge in [-0.15, -0.1) is 0 Å². The van der Waals surface area contributed by atoms with Gasteiger partial charge in [0, 0.05) is 0 Å². The highest BCUT2D eigenvalue weighted by Gasteiger charge is 2.25. The van der Waals surface area contributed by atoms with Crippen LogP contribution in [0.5, 0.6) is 0 Å². The minimum Gasteiger partial charge on any atom is -0.481 e. The lowest BCUT2D eigenvalue weighted by Crippen LogP contribution is -2.21. The fourth-order valence-electron chi connectivity index (χ4n) is 5.25. The van der Waals surface area contributed by atoms with Crippen LogP contribution in [0.15, 0.2) is 0 Å². The van der Waals surface area contributed by atoms with Crippen LogP contribution in [-0.2, 0) is 9.59 Å². The van der Waals surface area contributed by atoms with E-state index in [0.717, 1.165) is 31.6 Å². The maximum absolute atomic E-state index is 11.6. The smallest absolute Gasteiger partial charge is 0.307 e. The van der Waals surface area contributed by atoms with Crippen LogP contribution in [-0.4, -0.2) is 22.2 Å². The number of aliphatic carboxylic acids is 2. The SMILES string of the molecule is CCCCCCCCCCCCCC(CCCC)CCC(CCCC)CC(CC(=O)O)C(=O)O. The molecule has 0 amide bonds. The largest absolute Gasteiger partial charge is 0.481 e. The first kappa shape index (κ1) is 32.9. The summed E-state index contributed by atoms with van der Waals surface area (Å²) < 4.78 is 0. The Balaban J connectivity index is 4.37. The molecule has 0 saturated heterocycles. The van der Waals surface area contributed by atoms with E-state index in [1.807, 2.05) is 0 Å². The normalized spacial score (nSPS) is 14.1. The zero-order valence-electron chi connectivity index (χ0n) is 23.0. The Morgan fingerprint density at radius 1 is 0.529 bits per heavy atom. The molecule has 0 spiro atoms. The molecule has 4 heteroatoms. The average Bonchev–Trinajstić information content (AvgIpc) is 2.80. The van der Waals surface area contributed by atoms with Crippen LogP contribution in [0.25, 0.3) is 0 Å². The summed E-state index contributed by atoms with van der Waals surface area (Å²) in [7, 11) is 0. The lowest BCUT2D eigenvalue weighted by molar-refractivity contribution is -0.149. The fourth-order valence-corrected chi connectivity index (χ4v) is 5.25. The van der Waals surface area contributed by atoms with Gasteiger partial charge in [0.25, 0.3) is 0 Å². The summed E-state index contributed by atoms with van der Waals surface area (Å²) in [6.07, 6.45) is 26.0. The molecular weight excluding hydrogens is 424 g/mol. The Bertz CT molecular complexity index is 476. The molecule has 3 atom stereocenters. The van der Waals surface area contributed by atoms with Gasteiger partial charge in [-0.25, -0.2) is 0 Å². The zero-order chi connectivity index (χ0) is 25.4. The van der Waals surface area contributed by atoms with Crippen molar-refractivity contribution in [3.8, 4) is 0 Å². The van der Waals surface area contributed by atoms with E-state index in [1.54, 1.807) is 0 Å². The molecule has 0 radical (unpaired) electrons. The van der Waals surface area contributed by atoms with Crippen LogP contribution in [0.4, 0.5) is 0 Å². The molecule has 0 fully saturated rings. The number of hydrogen-bond donors (Lipinski definition) is 2. The molecule has 34 heavy (non-hydrogen) atoms. The summed E-state index contributed by atoms with van der Waals surface area (Å²) in [6, 6.07) is 0. The molecule has 202 valence electrons. The molecule has 0 aromatic rings. The summed E-state index contributed by atoms with van der Waals surface area (Å²) in [4.78, 5) is 22.7. The molecule has 0 bridgehead atoms. The maximum Gasteiger partial charge on any atom is 0.307 e. The highest BCUT2D eigenvalue weighted by Crippen LogP contribution is 2.30. The number of unbranched alkanes of at least 4 members (excludes halogenated alkanes) is 12. The number of carbonyl (C=O) groups is 2. The van der Waals surface area contributed by atoms with E-state index in [9.17, 15) is 14.7 Å². The Morgan fingerprint density at radius 3 is 1.41 bits per heavy atom. The molecule has 0 aliphatic heterocycles. The quantitative estimate of drug-likeness (QED) is 0.120. The van der Waals surface area contributed by atoms with E-state index >= 15 is 0 Å². The number of carboxylic acids is 2. The Labute approximate surface area is 211 Å². The summed E-state index contributed by atoms with van der Waals surface area (Å²) >= 11 is 0. The van der Waals surface area contributed by atoms with Crippen molar-refractivity contribution in [1.82, 2.24) is 0 Å². The first-order valence-electron chi connectivity index (χ1n) is 14.9. The van der Waals surface area contributed by atoms with E-state index in [0.29, 0.717) is 12.3 Å². The Kier molecular flexibility index (Phi) is 22.9. The van der Waals surface area contributed by atoms with Gasteiger partial charge in [-0.1, -0.05) is 149 Å². The predicted molar refractivity (Wildman–Crippen MR) is 144 cm³/mol. The van der Waals surface area contributed by atoms with Gasteiger partial charge in [0.1, 0.15) is 0 Å². The van der Waals surface area contributed by atoms with Crippen molar-refractivity contribution < 1.29 is 19.8 Å². The molecule has 3 unspecified atom stereocenters. The van der Waals surface area contributed by atoms with E-state index in [4.69, 9.17) is 5.11 Å². The first-order valence-corrected chi connectivity index (χ1v) is 14.9. The van der Waals surface area contributed by atoms with Crippen LogP contribution in [0, 0.1) is 17.8 Å². The van der Waals surface area contributed by atoms with Crippen molar-refractivity contribution in [2.24, 2.45) is 17.8 Å². The van der Waals surface area contributed by atoms with E-state index in [2.05, 4.69) is 20.8 Å². The molecule has 0 rings (SSSR count). The lowest BCUT2D eigenvalue weighted by Gasteiger charge is -2.23. The summed E-state index contributed by atoms with van der Waals surface area (Å²) in [5.74, 6) is -1.63. The lowest BCUT2D eigenvalue weighted by atomic mass is 9.82. The molecule has 0 saturated carbocycles. The topological polar surface area (TPSA) is 74.6 Å². The molecule has 0 aliphatic rings. The van der Waals surface area contributed by atoms with Gasteiger partial charge in [0.2, 0.25) is 0 Å². The van der Waals surface area contributed by atoms with Gasteiger partial charge in [-0.2, -0.15) is 0 Å². The third-order valence-corrected chi connectivity index (χ3v) is 7.52. The Morgan fingerprint density at radius 2 is 0.941 bits per heavy atom. The van der Waals surface area contributed by atoms with Crippen LogP contribution in [0.3, 0.4) is 0 Å². The molecule has 0 heterocycles. The van der Waals surface area contributed by atoms with Crippen molar-refractivity contribution in [2.75, 3.05) is 0 Å². The van der Waals surface area contributed by atoms with Gasteiger partial charge in [-0.05, 0) is 18.3 Å². The minimum absolute atomic E-state index is 0.254. The predicted octanol–water partition coefficient (Wildman–Crippen LogP) is 9.65. The van der Waals surface area contributed by atoms with Crippen molar-refractivity contribution in [1.29, 1.82) is 0 Å². The van der Waals surface area contributed by atoms with Gasteiger partial charge in [-0.3, -0.25) is 9.59 Å². The third kappa shape index (κ3) is 20.3. The molecule has 0 aromatic carbocycles. The molecule has 0 aliphatic carbocycles. The molecule has 0 aromatic heterocycles. The molecule has 4 nitrogen and oxygen atoms in total. The second-order valence-electron chi connectivity index (χ2n) is 10.8. The van der Waals surface area contributed by atoms with Crippen LogP contribution in [0.1, 0.15) is 162 Å². The van der Waals surface area contributed by atoms with Crippen LogP contribution in [0.2, 0.25) is 0 Å². The molecule has 2 N–H and O–H groups in total. The first-order chi connectivity index (χ1) is 16.4. The second-order valence-corrected chi connectivity index (χ2v) is 10.8. The van der Waals surface area contributed by atoms with E-state index in [-0.39, 0.29) is 6.42 Å². The maximum atomic E-state index is 11.6. The number of carboxylic acid groups (broad SMARTS) is 2. The minimum atomic E-state index is -1.00. The highest BCUT2D eigenvalue weighted by atomic mass is 16.4. The van der Waals surface area contributed by atoms with Gasteiger partial charge in [0.05, 0.1) is 12.3 Å². The zero-order valence-corrected chi connectivity index (χ0v) is 23.0. The standard InChI is InChI=1S/C30H58O4/c1-4-7-10-11-12-13-14-15-16-17-18-21-26(19-8-5-2)22-23-27(20-9-6-3)24-28(30(33)34)25-29(31)32/h26-28H,4-25H2,1-3H3,(H,31,32)(H,33,34). The van der Waals surface area contributed by atoms with Gasteiger partial charge < -0.3 is 10.2 Å². The third-order valence-electron chi connectivity index (χ3n) is 7.52. The Hall–Kier alpha value is -1.06. The van der Waals surface area contributed by atoms with Crippen molar-refractivity contribution in [2.45, 2.75) is 162 Å². The van der Waals surface area contributed by atoms with Crippen molar-refractivity contribution in [3.63, 3.8) is 0 Å². The van der Waals surface area contributed by atoms with Crippen LogP contribution >= 0.6 is 0 Å². The second kappa shape index (κ2) is 23.7. The van der Waals surface area contributed by atoms with Gasteiger partial charge in [0.15, 0.2) is 0 Å². The average molecular weight is 483 g/mol. The highest BCUT2D eigenvalue weighted by molar-refractivity contribution is 5.77. The van der Waals surface area contributed by atoms with Crippen LogP contribution < -0.4 is 0 Å². The fraction of sp³-hybridized carbons (Fsp3) is 0.933. The number of rotatable bonds is 26. The van der Waals surface area contributed by atoms with Crippen molar-refractivity contribution in [3.05, 3.63) is 0 Å². The molecular formula is C30H58O4. The van der Waals surface area contributed by atoms with Crippen molar-refractivity contribution >= 4 is 11.9 Å². The van der Waals surface area contributed by atoms with Gasteiger partial charge >= 0.3 is 11.9 Å². The van der Waals surface area contributed by atoms with E-state index in [1.165, 1.54) is 103 Å².